The number of rotatable bonds is 7. The summed E-state index contributed by atoms with van der Waals surface area (Å²) < 4.78 is 25.4. The topological polar surface area (TPSA) is 76.1 Å². The van der Waals surface area contributed by atoms with E-state index >= 15 is 0 Å². The number of para-hydroxylation sites is 1. The first-order chi connectivity index (χ1) is 18.0. The number of aliphatic hydroxyl groups is 1. The SMILES string of the molecule is COc1ccc(F)cc1/C(O)=C1\C(=O)C(=O)N(Cc2cccs2)C1c1cccc(Oc2ccccc2)c1. The van der Waals surface area contributed by atoms with Gasteiger partial charge in [-0.05, 0) is 59.5 Å². The van der Waals surface area contributed by atoms with Gasteiger partial charge >= 0.3 is 0 Å². The number of halogens is 1. The number of carbonyl (C=O) groups excluding carboxylic acids is 2. The van der Waals surface area contributed by atoms with Crippen molar-refractivity contribution < 1.29 is 28.6 Å². The summed E-state index contributed by atoms with van der Waals surface area (Å²) in [4.78, 5) is 28.9. The molecule has 4 aromatic rings. The number of ether oxygens (including phenoxy) is 2. The standard InChI is InChI=1S/C29H22FNO5S/c1-35-24-13-12-19(30)16-23(24)27(32)25-26(31(29(34)28(25)33)17-22-11-6-14-37-22)18-7-5-10-21(15-18)36-20-8-3-2-4-9-20/h2-16,26,32H,17H2,1H3/b27-25+. The second kappa shape index (κ2) is 10.3. The van der Waals surface area contributed by atoms with Gasteiger partial charge in [0.1, 0.15) is 28.8 Å². The van der Waals surface area contributed by atoms with Gasteiger partial charge in [0.05, 0.1) is 30.8 Å². The number of nitrogens with zero attached hydrogens (tertiary/aromatic N) is 1. The fourth-order valence-corrected chi connectivity index (χ4v) is 5.05. The zero-order chi connectivity index (χ0) is 25.9. The molecule has 5 rings (SSSR count). The van der Waals surface area contributed by atoms with Gasteiger partial charge in [-0.2, -0.15) is 0 Å². The number of amides is 1. The van der Waals surface area contributed by atoms with Crippen molar-refractivity contribution in [3.8, 4) is 17.2 Å². The fourth-order valence-electron chi connectivity index (χ4n) is 4.34. The lowest BCUT2D eigenvalue weighted by Crippen LogP contribution is -2.28. The van der Waals surface area contributed by atoms with E-state index in [1.165, 1.54) is 35.5 Å². The van der Waals surface area contributed by atoms with Crippen LogP contribution in [-0.2, 0) is 16.1 Å². The Morgan fingerprint density at radius 1 is 0.973 bits per heavy atom. The van der Waals surface area contributed by atoms with Crippen LogP contribution in [0.1, 0.15) is 22.0 Å². The van der Waals surface area contributed by atoms with Crippen molar-refractivity contribution >= 4 is 28.8 Å². The smallest absolute Gasteiger partial charge is 0.295 e. The van der Waals surface area contributed by atoms with E-state index in [0.29, 0.717) is 17.1 Å². The number of carbonyl (C=O) groups is 2. The molecule has 37 heavy (non-hydrogen) atoms. The number of likely N-dealkylation sites (tertiary alicyclic amines) is 1. The first kappa shape index (κ1) is 24.3. The lowest BCUT2D eigenvalue weighted by molar-refractivity contribution is -0.140. The number of methoxy groups -OCH3 is 1. The molecule has 1 atom stereocenters. The molecule has 1 N–H and O–H groups in total. The minimum Gasteiger partial charge on any atom is -0.507 e. The molecule has 6 nitrogen and oxygen atoms in total. The van der Waals surface area contributed by atoms with Crippen LogP contribution < -0.4 is 9.47 Å². The summed E-state index contributed by atoms with van der Waals surface area (Å²) in [5.41, 5.74) is 0.390. The Kier molecular flexibility index (Phi) is 6.74. The van der Waals surface area contributed by atoms with Crippen molar-refractivity contribution in [1.82, 2.24) is 4.90 Å². The van der Waals surface area contributed by atoms with E-state index in [-0.39, 0.29) is 23.4 Å². The summed E-state index contributed by atoms with van der Waals surface area (Å²) in [5, 5.41) is 13.2. The number of aliphatic hydroxyl groups excluding tert-OH is 1. The monoisotopic (exact) mass is 515 g/mol. The van der Waals surface area contributed by atoms with E-state index in [9.17, 15) is 19.1 Å². The van der Waals surface area contributed by atoms with Crippen LogP contribution in [0.4, 0.5) is 4.39 Å². The molecule has 1 unspecified atom stereocenters. The highest BCUT2D eigenvalue weighted by atomic mass is 32.1. The molecule has 1 aromatic heterocycles. The highest BCUT2D eigenvalue weighted by Crippen LogP contribution is 2.43. The van der Waals surface area contributed by atoms with Gasteiger partial charge in [0.2, 0.25) is 0 Å². The van der Waals surface area contributed by atoms with Crippen LogP contribution in [0.5, 0.6) is 17.2 Å². The number of thiophene rings is 1. The van der Waals surface area contributed by atoms with Gasteiger partial charge in [-0.25, -0.2) is 4.39 Å². The molecule has 1 fully saturated rings. The van der Waals surface area contributed by atoms with Crippen molar-refractivity contribution in [2.24, 2.45) is 0 Å². The van der Waals surface area contributed by atoms with Crippen LogP contribution in [0.3, 0.4) is 0 Å². The minimum atomic E-state index is -0.936. The Morgan fingerprint density at radius 2 is 1.76 bits per heavy atom. The first-order valence-electron chi connectivity index (χ1n) is 11.4. The number of Topliss-reactive ketones (excluding diaryl/α,β-unsaturated/α-hetero) is 1. The summed E-state index contributed by atoms with van der Waals surface area (Å²) in [5.74, 6) is -1.47. The molecule has 1 saturated heterocycles. The van der Waals surface area contributed by atoms with Crippen molar-refractivity contribution in [2.45, 2.75) is 12.6 Å². The fraction of sp³-hybridized carbons (Fsp3) is 0.103. The molecule has 0 spiro atoms. The van der Waals surface area contributed by atoms with E-state index in [4.69, 9.17) is 9.47 Å². The maximum absolute atomic E-state index is 14.1. The van der Waals surface area contributed by atoms with Crippen molar-refractivity contribution in [2.75, 3.05) is 7.11 Å². The molecular weight excluding hydrogens is 493 g/mol. The summed E-state index contributed by atoms with van der Waals surface area (Å²) in [6, 6.07) is 22.6. The normalized spacial score (nSPS) is 16.7. The van der Waals surface area contributed by atoms with E-state index in [2.05, 4.69) is 0 Å². The van der Waals surface area contributed by atoms with Crippen LogP contribution in [0, 0.1) is 5.82 Å². The molecule has 0 radical (unpaired) electrons. The zero-order valence-corrected chi connectivity index (χ0v) is 20.6. The van der Waals surface area contributed by atoms with Gasteiger partial charge in [0.15, 0.2) is 0 Å². The lowest BCUT2D eigenvalue weighted by Gasteiger charge is -2.25. The molecule has 8 heteroatoms. The second-order valence-electron chi connectivity index (χ2n) is 8.34. The van der Waals surface area contributed by atoms with E-state index in [1.54, 1.807) is 24.3 Å². The second-order valence-corrected chi connectivity index (χ2v) is 9.37. The summed E-state index contributed by atoms with van der Waals surface area (Å²) in [6.45, 7) is 0.160. The van der Waals surface area contributed by atoms with Gasteiger partial charge in [0.25, 0.3) is 11.7 Å². The third-order valence-electron chi connectivity index (χ3n) is 6.02. The lowest BCUT2D eigenvalue weighted by atomic mass is 9.94. The molecule has 0 bridgehead atoms. The van der Waals surface area contributed by atoms with Crippen LogP contribution in [0.15, 0.2) is 95.9 Å². The molecule has 0 saturated carbocycles. The van der Waals surface area contributed by atoms with Crippen molar-refractivity contribution in [3.05, 3.63) is 118 Å². The third kappa shape index (κ3) is 4.83. The van der Waals surface area contributed by atoms with Gasteiger partial charge in [0, 0.05) is 4.88 Å². The Labute approximate surface area is 216 Å². The number of benzene rings is 3. The Morgan fingerprint density at radius 3 is 2.49 bits per heavy atom. The van der Waals surface area contributed by atoms with Gasteiger partial charge < -0.3 is 19.5 Å². The summed E-state index contributed by atoms with van der Waals surface area (Å²) >= 11 is 1.45. The summed E-state index contributed by atoms with van der Waals surface area (Å²) in [7, 11) is 1.38. The minimum absolute atomic E-state index is 0.0155. The number of hydrogen-bond acceptors (Lipinski definition) is 6. The molecule has 1 aliphatic rings. The maximum Gasteiger partial charge on any atom is 0.295 e. The van der Waals surface area contributed by atoms with Gasteiger partial charge in [-0.3, -0.25) is 9.59 Å². The average Bonchev–Trinajstić information content (AvgIpc) is 3.51. The molecule has 1 amide bonds. The zero-order valence-electron chi connectivity index (χ0n) is 19.8. The predicted molar refractivity (Wildman–Crippen MR) is 138 cm³/mol. The van der Waals surface area contributed by atoms with E-state index in [1.807, 2.05) is 47.8 Å². The third-order valence-corrected chi connectivity index (χ3v) is 6.88. The van der Waals surface area contributed by atoms with Crippen LogP contribution in [0.2, 0.25) is 0 Å². The molecule has 186 valence electrons. The van der Waals surface area contributed by atoms with Crippen molar-refractivity contribution in [3.63, 3.8) is 0 Å². The highest BCUT2D eigenvalue weighted by molar-refractivity contribution is 7.09. The molecule has 3 aromatic carbocycles. The van der Waals surface area contributed by atoms with Crippen LogP contribution >= 0.6 is 11.3 Å². The molecule has 1 aliphatic heterocycles. The van der Waals surface area contributed by atoms with Gasteiger partial charge in [-0.15, -0.1) is 11.3 Å². The molecular formula is C29H22FNO5S. The number of hydrogen-bond donors (Lipinski definition) is 1. The summed E-state index contributed by atoms with van der Waals surface area (Å²) in [6.07, 6.45) is 0. The molecule has 0 aliphatic carbocycles. The maximum atomic E-state index is 14.1. The first-order valence-corrected chi connectivity index (χ1v) is 12.3. The Balaban J connectivity index is 1.65. The van der Waals surface area contributed by atoms with E-state index < -0.39 is 29.3 Å². The highest BCUT2D eigenvalue weighted by Gasteiger charge is 2.46. The Bertz CT molecular complexity index is 1480. The quantitative estimate of drug-likeness (QED) is 0.177. The van der Waals surface area contributed by atoms with E-state index in [0.717, 1.165) is 10.9 Å². The largest absolute Gasteiger partial charge is 0.507 e. The van der Waals surface area contributed by atoms with Crippen LogP contribution in [-0.4, -0.2) is 28.8 Å². The molecule has 2 heterocycles. The predicted octanol–water partition coefficient (Wildman–Crippen LogP) is 6.31. The number of ketones is 1. The van der Waals surface area contributed by atoms with Crippen molar-refractivity contribution in [1.29, 1.82) is 0 Å². The van der Waals surface area contributed by atoms with Gasteiger partial charge in [-0.1, -0.05) is 36.4 Å². The van der Waals surface area contributed by atoms with Crippen LogP contribution in [0.25, 0.3) is 5.76 Å². The average molecular weight is 516 g/mol. The Hall–Kier alpha value is -4.43.